The van der Waals surface area contributed by atoms with Crippen LogP contribution < -0.4 is 10.6 Å². The van der Waals surface area contributed by atoms with E-state index in [1.54, 1.807) is 0 Å². The largest absolute Gasteiger partial charge is 0.468 e. The number of hydrogen-bond acceptors (Lipinski definition) is 10. The van der Waals surface area contributed by atoms with Crippen LogP contribution >= 0.6 is 0 Å². The first-order valence-corrected chi connectivity index (χ1v) is 13.1. The van der Waals surface area contributed by atoms with Crippen molar-refractivity contribution in [2.75, 3.05) is 27.4 Å². The van der Waals surface area contributed by atoms with Crippen molar-refractivity contribution >= 4 is 23.9 Å². The van der Waals surface area contributed by atoms with E-state index < -0.39 is 36.0 Å². The van der Waals surface area contributed by atoms with Crippen molar-refractivity contribution in [2.24, 2.45) is 11.8 Å². The molecule has 0 aromatic carbocycles. The van der Waals surface area contributed by atoms with Crippen molar-refractivity contribution in [1.82, 2.24) is 10.6 Å². The number of ether oxygens (including phenoxy) is 4. The molecule has 1 aliphatic rings. The topological polar surface area (TPSA) is 129 Å². The molecule has 0 aromatic heterocycles. The Bertz CT molecular complexity index is 635. The van der Waals surface area contributed by atoms with Gasteiger partial charge in [0, 0.05) is 12.1 Å². The van der Waals surface area contributed by atoms with E-state index >= 15 is 0 Å². The van der Waals surface area contributed by atoms with Gasteiger partial charge in [-0.2, -0.15) is 0 Å². The maximum Gasteiger partial charge on any atom is 0.323 e. The van der Waals surface area contributed by atoms with Crippen LogP contribution in [-0.2, 0) is 38.1 Å². The van der Waals surface area contributed by atoms with E-state index in [1.807, 2.05) is 27.7 Å². The van der Waals surface area contributed by atoms with E-state index in [1.165, 1.54) is 14.2 Å². The fourth-order valence-electron chi connectivity index (χ4n) is 4.07. The first-order chi connectivity index (χ1) is 17.1. The zero-order chi connectivity index (χ0) is 27.1. The van der Waals surface area contributed by atoms with Gasteiger partial charge < -0.3 is 29.6 Å². The summed E-state index contributed by atoms with van der Waals surface area (Å²) in [5.41, 5.74) is 0. The minimum absolute atomic E-state index is 0.0687. The normalized spacial score (nSPS) is 20.9. The summed E-state index contributed by atoms with van der Waals surface area (Å²) in [4.78, 5) is 48.5. The van der Waals surface area contributed by atoms with E-state index in [0.717, 1.165) is 38.5 Å². The number of esters is 4. The molecule has 0 spiro atoms. The molecule has 1 saturated carbocycles. The zero-order valence-corrected chi connectivity index (χ0v) is 22.8. The van der Waals surface area contributed by atoms with E-state index in [0.29, 0.717) is 13.2 Å². The molecule has 0 aromatic rings. The molecule has 0 aliphatic heterocycles. The molecule has 0 bridgehead atoms. The number of methoxy groups -OCH3 is 2. The van der Waals surface area contributed by atoms with Crippen molar-refractivity contribution in [3.8, 4) is 0 Å². The van der Waals surface area contributed by atoms with Gasteiger partial charge in [-0.1, -0.05) is 13.8 Å². The van der Waals surface area contributed by atoms with Gasteiger partial charge in [-0.05, 0) is 64.2 Å². The van der Waals surface area contributed by atoms with Gasteiger partial charge in [0.1, 0.15) is 12.1 Å². The van der Waals surface area contributed by atoms with Crippen LogP contribution in [0.25, 0.3) is 0 Å². The minimum atomic E-state index is -0.720. The van der Waals surface area contributed by atoms with Crippen LogP contribution in [0.4, 0.5) is 0 Å². The summed E-state index contributed by atoms with van der Waals surface area (Å²) in [7, 11) is 2.60. The highest BCUT2D eigenvalue weighted by molar-refractivity contribution is 5.83. The highest BCUT2D eigenvalue weighted by atomic mass is 16.5. The Hall–Kier alpha value is -2.20. The lowest BCUT2D eigenvalue weighted by molar-refractivity contribution is -0.153. The second-order valence-electron chi connectivity index (χ2n) is 9.76. The Balaban J connectivity index is 2.37. The average molecular weight is 515 g/mol. The number of rotatable bonds is 16. The first kappa shape index (κ1) is 31.8. The highest BCUT2D eigenvalue weighted by Gasteiger charge is 2.28. The second kappa shape index (κ2) is 17.3. The predicted octanol–water partition coefficient (Wildman–Crippen LogP) is 2.52. The lowest BCUT2D eigenvalue weighted by Gasteiger charge is -2.28. The molecule has 0 saturated heterocycles. The number of carbonyl (C=O) groups is 4. The van der Waals surface area contributed by atoms with E-state index in [4.69, 9.17) is 18.9 Å². The fraction of sp³-hybridized carbons (Fsp3) is 0.846. The Morgan fingerprint density at radius 1 is 0.694 bits per heavy atom. The molecule has 0 amide bonds. The molecule has 208 valence electrons. The van der Waals surface area contributed by atoms with E-state index in [2.05, 4.69) is 10.6 Å². The molecule has 2 N–H and O–H groups in total. The monoisotopic (exact) mass is 514 g/mol. The first-order valence-electron chi connectivity index (χ1n) is 13.1. The quantitative estimate of drug-likeness (QED) is 0.234. The molecule has 1 rings (SSSR count). The number of hydrogen-bond donors (Lipinski definition) is 2. The lowest BCUT2D eigenvalue weighted by atomic mass is 9.83. The maximum absolute atomic E-state index is 12.3. The molecular formula is C26H46N2O8. The molecule has 0 radical (unpaired) electrons. The molecule has 10 heteroatoms. The summed E-state index contributed by atoms with van der Waals surface area (Å²) in [5.74, 6) is -1.33. The maximum atomic E-state index is 12.3. The van der Waals surface area contributed by atoms with Crippen molar-refractivity contribution < 1.29 is 38.1 Å². The van der Waals surface area contributed by atoms with Crippen LogP contribution in [0.5, 0.6) is 0 Å². The van der Waals surface area contributed by atoms with Crippen LogP contribution in [0.1, 0.15) is 79.1 Å². The number of carbonyl (C=O) groups excluding carboxylic acids is 4. The molecule has 10 nitrogen and oxygen atoms in total. The van der Waals surface area contributed by atoms with Gasteiger partial charge in [0.2, 0.25) is 0 Å². The van der Waals surface area contributed by atoms with Gasteiger partial charge in [-0.15, -0.1) is 0 Å². The standard InChI is InChI=1S/C26H46N2O8/c1-7-17(3)27-21(25(31)33-5)13-23(29)35-15-19-9-11-20(12-10-19)16-36-24(30)14-22(26(32)34-6)28-18(4)8-2/h17-22,27-28H,7-16H2,1-6H3. The van der Waals surface area contributed by atoms with Gasteiger partial charge in [0.25, 0.3) is 0 Å². The number of nitrogens with one attached hydrogen (secondary N) is 2. The summed E-state index contributed by atoms with van der Waals surface area (Å²) < 4.78 is 20.5. The van der Waals surface area contributed by atoms with Crippen LogP contribution in [0, 0.1) is 11.8 Å². The third-order valence-corrected chi connectivity index (χ3v) is 6.84. The highest BCUT2D eigenvalue weighted by Crippen LogP contribution is 2.29. The third-order valence-electron chi connectivity index (χ3n) is 6.84. The van der Waals surface area contributed by atoms with Gasteiger partial charge in [-0.3, -0.25) is 19.2 Å². The summed E-state index contributed by atoms with van der Waals surface area (Å²) in [6, 6.07) is -1.29. The van der Waals surface area contributed by atoms with Crippen LogP contribution in [0.15, 0.2) is 0 Å². The second-order valence-corrected chi connectivity index (χ2v) is 9.76. The van der Waals surface area contributed by atoms with Crippen molar-refractivity contribution in [2.45, 2.75) is 103 Å². The Morgan fingerprint density at radius 3 is 1.31 bits per heavy atom. The molecule has 1 aliphatic carbocycles. The van der Waals surface area contributed by atoms with E-state index in [9.17, 15) is 19.2 Å². The summed E-state index contributed by atoms with van der Waals surface area (Å²) in [6.45, 7) is 8.49. The predicted molar refractivity (Wildman–Crippen MR) is 134 cm³/mol. The van der Waals surface area contributed by atoms with Crippen LogP contribution in [-0.4, -0.2) is 75.5 Å². The fourth-order valence-corrected chi connectivity index (χ4v) is 4.07. The molecule has 36 heavy (non-hydrogen) atoms. The van der Waals surface area contributed by atoms with Crippen molar-refractivity contribution in [1.29, 1.82) is 0 Å². The molecule has 4 atom stereocenters. The summed E-state index contributed by atoms with van der Waals surface area (Å²) >= 11 is 0. The Morgan fingerprint density at radius 2 is 1.03 bits per heavy atom. The third kappa shape index (κ3) is 12.2. The minimum Gasteiger partial charge on any atom is -0.468 e. The summed E-state index contributed by atoms with van der Waals surface area (Å²) in [5, 5.41) is 6.20. The van der Waals surface area contributed by atoms with E-state index in [-0.39, 0.29) is 36.8 Å². The Kier molecular flexibility index (Phi) is 15.3. The van der Waals surface area contributed by atoms with Gasteiger partial charge in [0.15, 0.2) is 0 Å². The smallest absolute Gasteiger partial charge is 0.323 e. The molecule has 4 unspecified atom stereocenters. The van der Waals surface area contributed by atoms with Crippen molar-refractivity contribution in [3.63, 3.8) is 0 Å². The summed E-state index contributed by atoms with van der Waals surface area (Å²) in [6.07, 6.45) is 4.96. The molecule has 1 fully saturated rings. The van der Waals surface area contributed by atoms with Crippen molar-refractivity contribution in [3.05, 3.63) is 0 Å². The van der Waals surface area contributed by atoms with Crippen LogP contribution in [0.3, 0.4) is 0 Å². The Labute approximate surface area is 215 Å². The van der Waals surface area contributed by atoms with Gasteiger partial charge in [0.05, 0.1) is 40.3 Å². The molecular weight excluding hydrogens is 468 g/mol. The molecule has 0 heterocycles. The SMILES string of the molecule is CCC(C)NC(CC(=O)OCC1CCC(COC(=O)CC(NC(C)CC)C(=O)OC)CC1)C(=O)OC. The van der Waals surface area contributed by atoms with Gasteiger partial charge >= 0.3 is 23.9 Å². The lowest BCUT2D eigenvalue weighted by Crippen LogP contribution is -2.44. The average Bonchev–Trinajstić information content (AvgIpc) is 2.89. The van der Waals surface area contributed by atoms with Crippen LogP contribution in [0.2, 0.25) is 0 Å². The zero-order valence-electron chi connectivity index (χ0n) is 22.8. The van der Waals surface area contributed by atoms with Gasteiger partial charge in [-0.25, -0.2) is 0 Å².